The third-order valence-corrected chi connectivity index (χ3v) is 8.02. The average Bonchev–Trinajstić information content (AvgIpc) is 3.02. The Bertz CT molecular complexity index is 1140. The fourth-order valence-corrected chi connectivity index (χ4v) is 5.84. The molecule has 2 aromatic carbocycles. The molecule has 3 aromatic rings. The summed E-state index contributed by atoms with van der Waals surface area (Å²) in [4.78, 5) is 15.8. The molecular formula is C25H28N2O2. The van der Waals surface area contributed by atoms with Crippen molar-refractivity contribution in [2.45, 2.75) is 45.1 Å². The van der Waals surface area contributed by atoms with Crippen molar-refractivity contribution in [1.82, 2.24) is 9.47 Å². The van der Waals surface area contributed by atoms with Crippen molar-refractivity contribution in [3.05, 3.63) is 65.4 Å². The van der Waals surface area contributed by atoms with Crippen LogP contribution in [0.1, 0.15) is 48.7 Å². The maximum atomic E-state index is 13.8. The second-order valence-electron chi connectivity index (χ2n) is 9.50. The molecule has 1 fully saturated rings. The quantitative estimate of drug-likeness (QED) is 0.660. The van der Waals surface area contributed by atoms with Crippen molar-refractivity contribution in [1.29, 1.82) is 0 Å². The molecule has 1 aromatic heterocycles. The van der Waals surface area contributed by atoms with Crippen LogP contribution in [0.3, 0.4) is 0 Å². The van der Waals surface area contributed by atoms with E-state index in [1.807, 2.05) is 42.1 Å². The van der Waals surface area contributed by atoms with Crippen LogP contribution in [0.4, 0.5) is 0 Å². The van der Waals surface area contributed by atoms with Crippen molar-refractivity contribution in [3.8, 4) is 5.75 Å². The van der Waals surface area contributed by atoms with Crippen molar-refractivity contribution in [2.24, 2.45) is 12.5 Å². The minimum atomic E-state index is -0.0910. The molecule has 2 bridgehead atoms. The number of nitrogens with zero attached hydrogens (tertiary/aromatic N) is 2. The average molecular weight is 389 g/mol. The van der Waals surface area contributed by atoms with Crippen molar-refractivity contribution in [3.63, 3.8) is 0 Å². The van der Waals surface area contributed by atoms with Crippen LogP contribution in [0.5, 0.6) is 5.75 Å². The summed E-state index contributed by atoms with van der Waals surface area (Å²) >= 11 is 0. The summed E-state index contributed by atoms with van der Waals surface area (Å²) < 4.78 is 2.03. The summed E-state index contributed by atoms with van der Waals surface area (Å²) in [5, 5.41) is 11.6. The Morgan fingerprint density at radius 1 is 1.10 bits per heavy atom. The van der Waals surface area contributed by atoms with Gasteiger partial charge in [-0.25, -0.2) is 0 Å². The van der Waals surface area contributed by atoms with E-state index in [0.717, 1.165) is 35.0 Å². The summed E-state index contributed by atoms with van der Waals surface area (Å²) in [6.07, 6.45) is 3.55. The molecule has 1 amide bonds. The number of piperidine rings is 1. The standard InChI is InChI=1S/C25H28N2O2/c1-24(2)22-14-17-19(9-7-11-21(17)28)25(24,3)12-13-27(22)23(29)18-15-26(4)20-10-6-5-8-16(18)20/h5-11,15,22,28H,12-14H2,1-4H3/t22-,25+/m1/s1. The molecule has 1 saturated heterocycles. The van der Waals surface area contributed by atoms with E-state index in [4.69, 9.17) is 0 Å². The minimum absolute atomic E-state index is 0.0496. The van der Waals surface area contributed by atoms with Gasteiger partial charge in [0.1, 0.15) is 5.75 Å². The lowest BCUT2D eigenvalue weighted by atomic mass is 9.51. The predicted molar refractivity (Wildman–Crippen MR) is 115 cm³/mol. The predicted octanol–water partition coefficient (Wildman–Crippen LogP) is 4.64. The van der Waals surface area contributed by atoms with Gasteiger partial charge in [-0.15, -0.1) is 0 Å². The molecule has 4 nitrogen and oxygen atoms in total. The van der Waals surface area contributed by atoms with Gasteiger partial charge in [0.2, 0.25) is 0 Å². The van der Waals surface area contributed by atoms with Crippen LogP contribution in [-0.2, 0) is 18.9 Å². The molecule has 2 atom stereocenters. The van der Waals surface area contributed by atoms with E-state index in [1.54, 1.807) is 6.07 Å². The van der Waals surface area contributed by atoms with E-state index < -0.39 is 0 Å². The number of hydrogen-bond donors (Lipinski definition) is 1. The first-order valence-corrected chi connectivity index (χ1v) is 10.4. The van der Waals surface area contributed by atoms with Crippen LogP contribution in [0, 0.1) is 5.41 Å². The topological polar surface area (TPSA) is 45.5 Å². The monoisotopic (exact) mass is 388 g/mol. The number of benzene rings is 2. The number of carbonyl (C=O) groups is 1. The number of fused-ring (bicyclic) bond motifs is 5. The number of hydrogen-bond acceptors (Lipinski definition) is 2. The second-order valence-corrected chi connectivity index (χ2v) is 9.50. The van der Waals surface area contributed by atoms with Crippen LogP contribution in [-0.4, -0.2) is 33.1 Å². The van der Waals surface area contributed by atoms with Crippen molar-refractivity contribution >= 4 is 16.8 Å². The Kier molecular flexibility index (Phi) is 3.71. The van der Waals surface area contributed by atoms with Crippen LogP contribution in [0.2, 0.25) is 0 Å². The van der Waals surface area contributed by atoms with Crippen LogP contribution >= 0.6 is 0 Å². The summed E-state index contributed by atoms with van der Waals surface area (Å²) in [6, 6.07) is 14.0. The Morgan fingerprint density at radius 2 is 1.86 bits per heavy atom. The van der Waals surface area contributed by atoms with E-state index in [-0.39, 0.29) is 22.8 Å². The number of aromatic hydroxyl groups is 1. The first-order valence-electron chi connectivity index (χ1n) is 10.4. The molecule has 2 aliphatic rings. The summed E-state index contributed by atoms with van der Waals surface area (Å²) in [5.41, 5.74) is 3.94. The lowest BCUT2D eigenvalue weighted by molar-refractivity contribution is -0.0265. The molecule has 1 N–H and O–H groups in total. The van der Waals surface area contributed by atoms with E-state index in [0.29, 0.717) is 12.2 Å². The van der Waals surface area contributed by atoms with Gasteiger partial charge >= 0.3 is 0 Å². The molecule has 1 aliphatic carbocycles. The molecule has 2 heterocycles. The van der Waals surface area contributed by atoms with E-state index in [9.17, 15) is 9.90 Å². The summed E-state index contributed by atoms with van der Waals surface area (Å²) in [6.45, 7) is 7.61. The lowest BCUT2D eigenvalue weighted by Crippen LogP contribution is -2.64. The number of para-hydroxylation sites is 1. The highest BCUT2D eigenvalue weighted by Gasteiger charge is 2.57. The van der Waals surface area contributed by atoms with Crippen LogP contribution in [0.25, 0.3) is 10.9 Å². The molecule has 5 rings (SSSR count). The van der Waals surface area contributed by atoms with E-state index >= 15 is 0 Å². The number of carbonyl (C=O) groups excluding carboxylic acids is 1. The zero-order valence-electron chi connectivity index (χ0n) is 17.6. The SMILES string of the molecule is Cn1cc(C(=O)N2CC[C@@]3(C)c4cccc(O)c4C[C@@H]2C3(C)C)c2ccccc21. The largest absolute Gasteiger partial charge is 0.508 e. The molecule has 0 spiro atoms. The number of amides is 1. The van der Waals surface area contributed by atoms with Gasteiger partial charge in [0.25, 0.3) is 5.91 Å². The highest BCUT2D eigenvalue weighted by Crippen LogP contribution is 2.57. The first kappa shape index (κ1) is 18.3. The molecule has 29 heavy (non-hydrogen) atoms. The summed E-state index contributed by atoms with van der Waals surface area (Å²) in [7, 11) is 1.99. The Balaban J connectivity index is 1.62. The maximum absolute atomic E-state index is 13.8. The van der Waals surface area contributed by atoms with Gasteiger partial charge in [-0.3, -0.25) is 4.79 Å². The molecule has 0 unspecified atom stereocenters. The number of phenolic OH excluding ortho intramolecular Hbond substituents is 1. The normalized spacial score (nSPS) is 25.1. The highest BCUT2D eigenvalue weighted by atomic mass is 16.3. The zero-order valence-corrected chi connectivity index (χ0v) is 17.6. The third-order valence-electron chi connectivity index (χ3n) is 8.02. The highest BCUT2D eigenvalue weighted by molar-refractivity contribution is 6.07. The van der Waals surface area contributed by atoms with Gasteiger partial charge in [-0.1, -0.05) is 51.1 Å². The number of likely N-dealkylation sites (tertiary alicyclic amines) is 1. The molecule has 0 radical (unpaired) electrons. The third kappa shape index (κ3) is 2.29. The molecular weight excluding hydrogens is 360 g/mol. The van der Waals surface area contributed by atoms with Gasteiger partial charge in [-0.05, 0) is 41.5 Å². The minimum Gasteiger partial charge on any atom is -0.508 e. The van der Waals surface area contributed by atoms with Gasteiger partial charge in [0.15, 0.2) is 0 Å². The number of rotatable bonds is 1. The number of aryl methyl sites for hydroxylation is 1. The van der Waals surface area contributed by atoms with Gasteiger partial charge in [0, 0.05) is 42.1 Å². The Labute approximate surface area is 171 Å². The van der Waals surface area contributed by atoms with E-state index in [1.165, 1.54) is 5.56 Å². The van der Waals surface area contributed by atoms with Gasteiger partial charge in [0.05, 0.1) is 5.56 Å². The Morgan fingerprint density at radius 3 is 2.66 bits per heavy atom. The van der Waals surface area contributed by atoms with Crippen molar-refractivity contribution < 1.29 is 9.90 Å². The summed E-state index contributed by atoms with van der Waals surface area (Å²) in [5.74, 6) is 0.453. The molecule has 4 heteroatoms. The van der Waals surface area contributed by atoms with Crippen LogP contribution < -0.4 is 0 Å². The number of aromatic nitrogens is 1. The smallest absolute Gasteiger partial charge is 0.256 e. The van der Waals surface area contributed by atoms with Gasteiger partial charge in [-0.2, -0.15) is 0 Å². The molecule has 0 saturated carbocycles. The Hall–Kier alpha value is -2.75. The lowest BCUT2D eigenvalue weighted by Gasteiger charge is -2.60. The first-order chi connectivity index (χ1) is 13.8. The molecule has 1 aliphatic heterocycles. The second kappa shape index (κ2) is 5.88. The number of phenols is 1. The fourth-order valence-electron chi connectivity index (χ4n) is 5.84. The maximum Gasteiger partial charge on any atom is 0.256 e. The van der Waals surface area contributed by atoms with Crippen molar-refractivity contribution in [2.75, 3.05) is 6.54 Å². The fraction of sp³-hybridized carbons (Fsp3) is 0.400. The zero-order chi connectivity index (χ0) is 20.6. The van der Waals surface area contributed by atoms with Crippen LogP contribution in [0.15, 0.2) is 48.7 Å². The molecule has 150 valence electrons. The van der Waals surface area contributed by atoms with Gasteiger partial charge < -0.3 is 14.6 Å². The van der Waals surface area contributed by atoms with E-state index in [2.05, 4.69) is 37.8 Å².